The molecule has 0 heterocycles. The van der Waals surface area contributed by atoms with E-state index in [0.717, 1.165) is 12.0 Å². The Labute approximate surface area is 140 Å². The fraction of sp³-hybridized carbons (Fsp3) is 0.300. The van der Waals surface area contributed by atoms with Crippen LogP contribution in [-0.2, 0) is 16.3 Å². The van der Waals surface area contributed by atoms with Gasteiger partial charge in [-0.25, -0.2) is 8.42 Å². The van der Waals surface area contributed by atoms with E-state index in [1.54, 1.807) is 24.3 Å². The molecule has 0 saturated carbocycles. The molecule has 0 fully saturated rings. The molecule has 2 aromatic rings. The number of sulfone groups is 1. The lowest BCUT2D eigenvalue weighted by Crippen LogP contribution is -1.95. The van der Waals surface area contributed by atoms with Gasteiger partial charge in [0.05, 0.1) is 4.90 Å². The zero-order chi connectivity index (χ0) is 17.5. The molecule has 0 aliphatic carbocycles. The van der Waals surface area contributed by atoms with Crippen LogP contribution in [-0.4, -0.2) is 14.7 Å². The highest BCUT2D eigenvalue weighted by Gasteiger charge is 2.04. The van der Waals surface area contributed by atoms with E-state index in [4.69, 9.17) is 0 Å². The smallest absolute Gasteiger partial charge is 0.175 e. The third-order valence-electron chi connectivity index (χ3n) is 3.58. The van der Waals surface area contributed by atoms with Crippen LogP contribution in [0, 0.1) is 13.8 Å². The summed E-state index contributed by atoms with van der Waals surface area (Å²) in [4.78, 5) is 0.378. The molecule has 0 amide bonds. The second kappa shape index (κ2) is 8.68. The summed E-state index contributed by atoms with van der Waals surface area (Å²) >= 11 is 0. The zero-order valence-electron chi connectivity index (χ0n) is 14.6. The van der Waals surface area contributed by atoms with Gasteiger partial charge in [0, 0.05) is 6.26 Å². The van der Waals surface area contributed by atoms with E-state index in [1.165, 1.54) is 22.9 Å². The fourth-order valence-corrected chi connectivity index (χ4v) is 2.87. The van der Waals surface area contributed by atoms with Crippen LogP contribution in [0.3, 0.4) is 0 Å². The monoisotopic (exact) mass is 330 g/mol. The van der Waals surface area contributed by atoms with Gasteiger partial charge in [-0.3, -0.25) is 0 Å². The molecule has 2 aromatic carbocycles. The van der Waals surface area contributed by atoms with Crippen LogP contribution in [0.25, 0.3) is 6.08 Å². The standard InChI is InChI=1S/C12H16.C8H10O2S/c1-4-7-12-10(3)8-6-9-11(12)5-2;1-7-3-5-8(6-4-7)11(2,9)10/h4,6-9H,5H2,1-3H3;3-6H,1-2H3/b7-4-;. The van der Waals surface area contributed by atoms with Gasteiger partial charge in [0.25, 0.3) is 0 Å². The second-order valence-corrected chi connectivity index (χ2v) is 7.60. The minimum absolute atomic E-state index is 0.378. The van der Waals surface area contributed by atoms with Crippen molar-refractivity contribution in [1.82, 2.24) is 0 Å². The van der Waals surface area contributed by atoms with Crippen LogP contribution in [0.2, 0.25) is 0 Å². The predicted octanol–water partition coefficient (Wildman–Crippen LogP) is 4.99. The lowest BCUT2D eigenvalue weighted by molar-refractivity contribution is 0.602. The van der Waals surface area contributed by atoms with Crippen molar-refractivity contribution in [2.75, 3.05) is 6.26 Å². The van der Waals surface area contributed by atoms with Crippen LogP contribution in [0.4, 0.5) is 0 Å². The lowest BCUT2D eigenvalue weighted by Gasteiger charge is -2.05. The number of benzene rings is 2. The molecule has 23 heavy (non-hydrogen) atoms. The van der Waals surface area contributed by atoms with E-state index in [1.807, 2.05) is 6.92 Å². The molecule has 0 aliphatic heterocycles. The van der Waals surface area contributed by atoms with Crippen molar-refractivity contribution >= 4 is 15.9 Å². The summed E-state index contributed by atoms with van der Waals surface area (Å²) in [7, 11) is -3.02. The number of hydrogen-bond donors (Lipinski definition) is 0. The van der Waals surface area contributed by atoms with Gasteiger partial charge in [-0.2, -0.15) is 0 Å². The summed E-state index contributed by atoms with van der Waals surface area (Å²) in [6.45, 7) is 8.34. The van der Waals surface area contributed by atoms with Gasteiger partial charge in [0.15, 0.2) is 9.84 Å². The van der Waals surface area contributed by atoms with Gasteiger partial charge >= 0.3 is 0 Å². The van der Waals surface area contributed by atoms with Crippen LogP contribution in [0.5, 0.6) is 0 Å². The topological polar surface area (TPSA) is 34.1 Å². The first-order chi connectivity index (χ1) is 10.8. The van der Waals surface area contributed by atoms with Gasteiger partial charge in [0.1, 0.15) is 0 Å². The Balaban J connectivity index is 0.000000231. The third kappa shape index (κ3) is 6.03. The van der Waals surface area contributed by atoms with Crippen LogP contribution in [0.1, 0.15) is 36.1 Å². The Morgan fingerprint density at radius 2 is 1.61 bits per heavy atom. The van der Waals surface area contributed by atoms with E-state index in [-0.39, 0.29) is 0 Å². The molecule has 0 bridgehead atoms. The molecule has 0 aromatic heterocycles. The number of allylic oxidation sites excluding steroid dienone is 1. The maximum Gasteiger partial charge on any atom is 0.175 e. The molecular formula is C20H26O2S. The second-order valence-electron chi connectivity index (χ2n) is 5.59. The number of rotatable bonds is 3. The zero-order valence-corrected chi connectivity index (χ0v) is 15.4. The van der Waals surface area contributed by atoms with Crippen molar-refractivity contribution in [3.05, 3.63) is 70.8 Å². The van der Waals surface area contributed by atoms with E-state index in [9.17, 15) is 8.42 Å². The van der Waals surface area contributed by atoms with Gasteiger partial charge in [-0.1, -0.05) is 55.0 Å². The largest absolute Gasteiger partial charge is 0.224 e. The molecule has 2 rings (SSSR count). The Kier molecular flexibility index (Phi) is 7.24. The maximum absolute atomic E-state index is 10.9. The van der Waals surface area contributed by atoms with Gasteiger partial charge in [-0.05, 0) is 56.0 Å². The molecule has 2 nitrogen and oxygen atoms in total. The Hall–Kier alpha value is -1.87. The molecule has 0 aliphatic rings. The highest BCUT2D eigenvalue weighted by Crippen LogP contribution is 2.16. The minimum Gasteiger partial charge on any atom is -0.224 e. The lowest BCUT2D eigenvalue weighted by atomic mass is 10.00. The molecule has 0 spiro atoms. The van der Waals surface area contributed by atoms with Crippen molar-refractivity contribution in [3.8, 4) is 0 Å². The number of aryl methyl sites for hydroxylation is 3. The van der Waals surface area contributed by atoms with Crippen LogP contribution in [0.15, 0.2) is 53.4 Å². The molecule has 0 saturated heterocycles. The average molecular weight is 330 g/mol. The summed E-state index contributed by atoms with van der Waals surface area (Å²) in [6, 6.07) is 13.3. The van der Waals surface area contributed by atoms with Crippen LogP contribution >= 0.6 is 0 Å². The third-order valence-corrected chi connectivity index (χ3v) is 4.71. The Morgan fingerprint density at radius 3 is 2.09 bits per heavy atom. The normalized spacial score (nSPS) is 11.2. The average Bonchev–Trinajstić information content (AvgIpc) is 2.49. The highest BCUT2D eigenvalue weighted by atomic mass is 32.2. The summed E-state index contributed by atoms with van der Waals surface area (Å²) in [5.41, 5.74) is 5.26. The minimum atomic E-state index is -3.02. The molecule has 0 radical (unpaired) electrons. The van der Waals surface area contributed by atoms with E-state index < -0.39 is 9.84 Å². The molecular weight excluding hydrogens is 304 g/mol. The first-order valence-electron chi connectivity index (χ1n) is 7.77. The quantitative estimate of drug-likeness (QED) is 0.794. The first kappa shape index (κ1) is 19.2. The highest BCUT2D eigenvalue weighted by molar-refractivity contribution is 7.90. The van der Waals surface area contributed by atoms with E-state index >= 15 is 0 Å². The van der Waals surface area contributed by atoms with E-state index in [0.29, 0.717) is 4.90 Å². The molecule has 0 N–H and O–H groups in total. The summed E-state index contributed by atoms with van der Waals surface area (Å²) in [5.74, 6) is 0. The van der Waals surface area contributed by atoms with Crippen molar-refractivity contribution in [3.63, 3.8) is 0 Å². The van der Waals surface area contributed by atoms with Gasteiger partial charge in [0.2, 0.25) is 0 Å². The van der Waals surface area contributed by atoms with E-state index in [2.05, 4.69) is 51.1 Å². The van der Waals surface area contributed by atoms with Crippen molar-refractivity contribution in [2.45, 2.75) is 39.0 Å². The Morgan fingerprint density at radius 1 is 1.00 bits per heavy atom. The SMILES string of the molecule is C/C=C\c1c(C)cccc1CC.Cc1ccc(S(C)(=O)=O)cc1. The Bertz CT molecular complexity index is 755. The van der Waals surface area contributed by atoms with Crippen molar-refractivity contribution in [1.29, 1.82) is 0 Å². The van der Waals surface area contributed by atoms with Crippen molar-refractivity contribution < 1.29 is 8.42 Å². The fourth-order valence-electron chi connectivity index (χ4n) is 2.24. The summed E-state index contributed by atoms with van der Waals surface area (Å²) in [6.07, 6.45) is 6.61. The molecule has 124 valence electrons. The molecule has 0 unspecified atom stereocenters. The first-order valence-corrected chi connectivity index (χ1v) is 9.66. The summed E-state index contributed by atoms with van der Waals surface area (Å²) < 4.78 is 21.9. The maximum atomic E-state index is 10.9. The van der Waals surface area contributed by atoms with Crippen LogP contribution < -0.4 is 0 Å². The van der Waals surface area contributed by atoms with Crippen molar-refractivity contribution in [2.24, 2.45) is 0 Å². The van der Waals surface area contributed by atoms with Gasteiger partial charge < -0.3 is 0 Å². The molecule has 3 heteroatoms. The predicted molar refractivity (Wildman–Crippen MR) is 99.6 cm³/mol. The molecule has 0 atom stereocenters. The van der Waals surface area contributed by atoms with Gasteiger partial charge in [-0.15, -0.1) is 0 Å². The number of hydrogen-bond acceptors (Lipinski definition) is 2. The summed E-state index contributed by atoms with van der Waals surface area (Å²) in [5, 5.41) is 0.